The van der Waals surface area contributed by atoms with E-state index in [0.717, 1.165) is 5.56 Å². The predicted octanol–water partition coefficient (Wildman–Crippen LogP) is 2.26. The van der Waals surface area contributed by atoms with E-state index in [1.807, 2.05) is 0 Å². The number of amides is 1. The Morgan fingerprint density at radius 1 is 1.41 bits per heavy atom. The van der Waals surface area contributed by atoms with E-state index in [1.54, 1.807) is 19.1 Å². The van der Waals surface area contributed by atoms with Gasteiger partial charge in [-0.3, -0.25) is 4.79 Å². The Bertz CT molecular complexity index is 416. The zero-order chi connectivity index (χ0) is 13.1. The van der Waals surface area contributed by atoms with Gasteiger partial charge in [0.1, 0.15) is 0 Å². The minimum absolute atomic E-state index is 0.201. The summed E-state index contributed by atoms with van der Waals surface area (Å²) in [6.07, 6.45) is -5.32. The van der Waals surface area contributed by atoms with Crippen LogP contribution in [0.5, 0.6) is 0 Å². The smallest absolute Gasteiger partial charge is 0.390 e. The summed E-state index contributed by atoms with van der Waals surface area (Å²) in [6.45, 7) is 1.32. The first-order valence-electron chi connectivity index (χ1n) is 5.00. The molecule has 0 fully saturated rings. The van der Waals surface area contributed by atoms with Gasteiger partial charge in [-0.15, -0.1) is 0 Å². The van der Waals surface area contributed by atoms with Crippen LogP contribution in [0.15, 0.2) is 18.2 Å². The van der Waals surface area contributed by atoms with Gasteiger partial charge in [-0.25, -0.2) is 0 Å². The topological polar surface area (TPSA) is 55.1 Å². The van der Waals surface area contributed by atoms with Crippen molar-refractivity contribution in [1.29, 1.82) is 0 Å². The van der Waals surface area contributed by atoms with E-state index < -0.39 is 25.0 Å². The van der Waals surface area contributed by atoms with Crippen molar-refractivity contribution in [3.05, 3.63) is 29.3 Å². The minimum Gasteiger partial charge on any atom is -0.398 e. The Balaban J connectivity index is 2.61. The van der Waals surface area contributed by atoms with Crippen molar-refractivity contribution < 1.29 is 18.0 Å². The number of carbonyl (C=O) groups is 1. The first kappa shape index (κ1) is 13.3. The highest BCUT2D eigenvalue weighted by molar-refractivity contribution is 5.99. The fraction of sp³-hybridized carbons (Fsp3) is 0.364. The van der Waals surface area contributed by atoms with Crippen molar-refractivity contribution in [1.82, 2.24) is 5.32 Å². The van der Waals surface area contributed by atoms with Gasteiger partial charge < -0.3 is 11.1 Å². The van der Waals surface area contributed by atoms with Crippen LogP contribution in [0, 0.1) is 6.92 Å². The fourth-order valence-corrected chi connectivity index (χ4v) is 1.28. The lowest BCUT2D eigenvalue weighted by Crippen LogP contribution is -2.28. The molecule has 0 aliphatic carbocycles. The maximum Gasteiger partial charge on any atom is 0.390 e. The largest absolute Gasteiger partial charge is 0.398 e. The molecule has 0 aromatic heterocycles. The zero-order valence-electron chi connectivity index (χ0n) is 9.27. The van der Waals surface area contributed by atoms with Crippen LogP contribution in [0.1, 0.15) is 22.3 Å². The summed E-state index contributed by atoms with van der Waals surface area (Å²) in [6, 6.07) is 4.81. The highest BCUT2D eigenvalue weighted by Crippen LogP contribution is 2.18. The van der Waals surface area contributed by atoms with Crippen LogP contribution in [0.25, 0.3) is 0 Å². The lowest BCUT2D eigenvalue weighted by Gasteiger charge is -2.09. The number of nitrogens with one attached hydrogen (secondary N) is 1. The number of anilines is 1. The number of hydrogen-bond donors (Lipinski definition) is 2. The Morgan fingerprint density at radius 3 is 2.65 bits per heavy atom. The van der Waals surface area contributed by atoms with Crippen molar-refractivity contribution in [2.24, 2.45) is 0 Å². The molecule has 94 valence electrons. The van der Waals surface area contributed by atoms with Crippen LogP contribution in [0.3, 0.4) is 0 Å². The normalized spacial score (nSPS) is 11.3. The maximum atomic E-state index is 11.9. The molecular weight excluding hydrogens is 233 g/mol. The second-order valence-electron chi connectivity index (χ2n) is 3.71. The molecule has 3 nitrogen and oxygen atoms in total. The number of alkyl halides is 3. The van der Waals surface area contributed by atoms with Gasteiger partial charge in [0.05, 0.1) is 12.0 Å². The number of nitrogen functional groups attached to an aromatic ring is 1. The summed E-state index contributed by atoms with van der Waals surface area (Å²) in [5.74, 6) is -0.588. The van der Waals surface area contributed by atoms with Gasteiger partial charge in [0.15, 0.2) is 0 Å². The molecule has 1 rings (SSSR count). The highest BCUT2D eigenvalue weighted by atomic mass is 19.4. The number of benzene rings is 1. The van der Waals surface area contributed by atoms with E-state index in [-0.39, 0.29) is 11.3 Å². The highest BCUT2D eigenvalue weighted by Gasteiger charge is 2.26. The van der Waals surface area contributed by atoms with E-state index in [0.29, 0.717) is 0 Å². The van der Waals surface area contributed by atoms with E-state index >= 15 is 0 Å². The number of aryl methyl sites for hydroxylation is 1. The first-order valence-corrected chi connectivity index (χ1v) is 5.00. The van der Waals surface area contributed by atoms with Gasteiger partial charge in [0, 0.05) is 12.2 Å². The summed E-state index contributed by atoms with van der Waals surface area (Å²) in [7, 11) is 0. The molecule has 0 heterocycles. The summed E-state index contributed by atoms with van der Waals surface area (Å²) < 4.78 is 35.6. The molecule has 3 N–H and O–H groups in total. The van der Waals surface area contributed by atoms with Gasteiger partial charge in [-0.2, -0.15) is 13.2 Å². The van der Waals surface area contributed by atoms with Gasteiger partial charge in [0.25, 0.3) is 5.91 Å². The third-order valence-corrected chi connectivity index (χ3v) is 2.15. The molecule has 0 unspecified atom stereocenters. The molecule has 0 aliphatic rings. The van der Waals surface area contributed by atoms with Crippen molar-refractivity contribution in [3.8, 4) is 0 Å². The molecule has 0 atom stereocenters. The molecule has 0 saturated heterocycles. The standard InChI is InChI=1S/C11H13F3N2O/c1-7-2-3-9(15)8(6-7)10(17)16-5-4-11(12,13)14/h2-3,6H,4-5,15H2,1H3,(H,16,17). The molecule has 1 aromatic carbocycles. The van der Waals surface area contributed by atoms with Crippen molar-refractivity contribution in [2.75, 3.05) is 12.3 Å². The molecule has 0 saturated carbocycles. The average molecular weight is 246 g/mol. The summed E-state index contributed by atoms with van der Waals surface area (Å²) in [5, 5.41) is 2.18. The molecular formula is C11H13F3N2O. The number of hydrogen-bond acceptors (Lipinski definition) is 2. The summed E-state index contributed by atoms with van der Waals surface area (Å²) in [5.41, 5.74) is 6.84. The lowest BCUT2D eigenvalue weighted by atomic mass is 10.1. The Morgan fingerprint density at radius 2 is 2.06 bits per heavy atom. The van der Waals surface area contributed by atoms with Crippen LogP contribution >= 0.6 is 0 Å². The van der Waals surface area contributed by atoms with Gasteiger partial charge in [0.2, 0.25) is 0 Å². The SMILES string of the molecule is Cc1ccc(N)c(C(=O)NCCC(F)(F)F)c1. The quantitative estimate of drug-likeness (QED) is 0.804. The number of halogens is 3. The fourth-order valence-electron chi connectivity index (χ4n) is 1.28. The molecule has 6 heteroatoms. The number of nitrogens with two attached hydrogens (primary N) is 1. The van der Waals surface area contributed by atoms with Crippen LogP contribution in [-0.4, -0.2) is 18.6 Å². The van der Waals surface area contributed by atoms with Crippen LogP contribution in [0.2, 0.25) is 0 Å². The lowest BCUT2D eigenvalue weighted by molar-refractivity contribution is -0.132. The molecule has 0 bridgehead atoms. The van der Waals surface area contributed by atoms with Crippen molar-refractivity contribution in [2.45, 2.75) is 19.5 Å². The summed E-state index contributed by atoms with van der Waals surface area (Å²) in [4.78, 5) is 11.5. The monoisotopic (exact) mass is 246 g/mol. The van der Waals surface area contributed by atoms with Crippen molar-refractivity contribution >= 4 is 11.6 Å². The van der Waals surface area contributed by atoms with E-state index in [2.05, 4.69) is 5.32 Å². The van der Waals surface area contributed by atoms with Crippen LogP contribution in [0.4, 0.5) is 18.9 Å². The molecule has 0 aliphatic heterocycles. The van der Waals surface area contributed by atoms with Crippen molar-refractivity contribution in [3.63, 3.8) is 0 Å². The first-order chi connectivity index (χ1) is 7.79. The van der Waals surface area contributed by atoms with Crippen LogP contribution in [-0.2, 0) is 0 Å². The zero-order valence-corrected chi connectivity index (χ0v) is 9.27. The second-order valence-corrected chi connectivity index (χ2v) is 3.71. The summed E-state index contributed by atoms with van der Waals surface area (Å²) >= 11 is 0. The molecule has 17 heavy (non-hydrogen) atoms. The Kier molecular flexibility index (Phi) is 3.98. The van der Waals surface area contributed by atoms with Gasteiger partial charge in [-0.1, -0.05) is 11.6 Å². The average Bonchev–Trinajstić information content (AvgIpc) is 2.19. The molecule has 1 amide bonds. The van der Waals surface area contributed by atoms with E-state index in [1.165, 1.54) is 6.07 Å². The third kappa shape index (κ3) is 4.34. The second kappa shape index (κ2) is 5.07. The van der Waals surface area contributed by atoms with Gasteiger partial charge >= 0.3 is 6.18 Å². The van der Waals surface area contributed by atoms with E-state index in [9.17, 15) is 18.0 Å². The van der Waals surface area contributed by atoms with E-state index in [4.69, 9.17) is 5.73 Å². The predicted molar refractivity (Wildman–Crippen MR) is 58.6 cm³/mol. The minimum atomic E-state index is -4.27. The van der Waals surface area contributed by atoms with Crippen LogP contribution < -0.4 is 11.1 Å². The molecule has 0 spiro atoms. The maximum absolute atomic E-state index is 11.9. The Labute approximate surface area is 96.8 Å². The van der Waals surface area contributed by atoms with Gasteiger partial charge in [-0.05, 0) is 19.1 Å². The number of carbonyl (C=O) groups excluding carboxylic acids is 1. The molecule has 1 aromatic rings. The third-order valence-electron chi connectivity index (χ3n) is 2.15. The Hall–Kier alpha value is -1.72. The molecule has 0 radical (unpaired) electrons. The number of rotatable bonds is 3.